The Hall–Kier alpha value is -2.76. The van der Waals surface area contributed by atoms with Crippen molar-refractivity contribution in [3.8, 4) is 0 Å². The maximum absolute atomic E-state index is 14.2. The number of benzene rings is 3. The fourth-order valence-electron chi connectivity index (χ4n) is 4.57. The molecular formula is C26H23ClN2O2S. The number of hydrogen-bond donors (Lipinski definition) is 0. The number of thioether (sulfide) groups is 1. The summed E-state index contributed by atoms with van der Waals surface area (Å²) in [6.07, 6.45) is 0.915. The van der Waals surface area contributed by atoms with E-state index in [1.807, 2.05) is 79.7 Å². The van der Waals surface area contributed by atoms with Gasteiger partial charge < -0.3 is 4.90 Å². The average molecular weight is 463 g/mol. The van der Waals surface area contributed by atoms with Crippen LogP contribution < -0.4 is 9.80 Å². The summed E-state index contributed by atoms with van der Waals surface area (Å²) >= 11 is 7.84. The van der Waals surface area contributed by atoms with E-state index in [2.05, 4.69) is 6.92 Å². The molecule has 0 bridgehead atoms. The predicted octanol–water partition coefficient (Wildman–Crippen LogP) is 5.77. The number of aryl methyl sites for hydroxylation is 1. The maximum Gasteiger partial charge on any atom is 0.269 e. The molecule has 4 nitrogen and oxygen atoms in total. The molecule has 0 aliphatic carbocycles. The van der Waals surface area contributed by atoms with Gasteiger partial charge in [-0.25, -0.2) is 0 Å². The van der Waals surface area contributed by atoms with Gasteiger partial charge in [-0.2, -0.15) is 0 Å². The predicted molar refractivity (Wildman–Crippen MR) is 131 cm³/mol. The quantitative estimate of drug-likeness (QED) is 0.494. The highest BCUT2D eigenvalue weighted by Crippen LogP contribution is 2.58. The van der Waals surface area contributed by atoms with E-state index in [-0.39, 0.29) is 17.1 Å². The van der Waals surface area contributed by atoms with Gasteiger partial charge >= 0.3 is 0 Å². The lowest BCUT2D eigenvalue weighted by Crippen LogP contribution is -2.49. The molecule has 0 radical (unpaired) electrons. The van der Waals surface area contributed by atoms with Crippen molar-refractivity contribution in [2.45, 2.75) is 36.9 Å². The van der Waals surface area contributed by atoms with Crippen molar-refractivity contribution < 1.29 is 9.59 Å². The molecule has 32 heavy (non-hydrogen) atoms. The minimum Gasteiger partial charge on any atom is -0.304 e. The first-order valence-corrected chi connectivity index (χ1v) is 12.0. The van der Waals surface area contributed by atoms with Gasteiger partial charge in [-0.05, 0) is 48.7 Å². The van der Waals surface area contributed by atoms with Gasteiger partial charge in [0.25, 0.3) is 5.91 Å². The van der Waals surface area contributed by atoms with Crippen LogP contribution in [0, 0.1) is 0 Å². The summed E-state index contributed by atoms with van der Waals surface area (Å²) in [7, 11) is 0. The molecule has 2 aliphatic heterocycles. The SMILES string of the molecule is CCc1ccc(N2C(=O)C(C)SC23C(=O)N(Cc2ccccc2Cl)c2ccccc23)cc1. The van der Waals surface area contributed by atoms with Crippen LogP contribution in [0.15, 0.2) is 72.8 Å². The first-order chi connectivity index (χ1) is 15.5. The molecule has 0 aromatic heterocycles. The minimum absolute atomic E-state index is 0.0537. The molecule has 2 heterocycles. The first kappa shape index (κ1) is 21.1. The number of nitrogens with zero attached hydrogens (tertiary/aromatic N) is 2. The van der Waals surface area contributed by atoms with Gasteiger partial charge in [0.1, 0.15) is 0 Å². The molecular weight excluding hydrogens is 440 g/mol. The molecule has 2 amide bonds. The Kier molecular flexibility index (Phi) is 5.26. The number of amides is 2. The third kappa shape index (κ3) is 3.06. The highest BCUT2D eigenvalue weighted by Gasteiger charge is 2.63. The van der Waals surface area contributed by atoms with Crippen LogP contribution in [-0.4, -0.2) is 17.1 Å². The van der Waals surface area contributed by atoms with Gasteiger partial charge in [0.2, 0.25) is 10.8 Å². The Balaban J connectivity index is 1.65. The molecule has 2 unspecified atom stereocenters. The molecule has 2 aliphatic rings. The molecule has 1 saturated heterocycles. The number of fused-ring (bicyclic) bond motifs is 2. The van der Waals surface area contributed by atoms with Gasteiger partial charge in [-0.1, -0.05) is 67.1 Å². The Morgan fingerprint density at radius 1 is 0.969 bits per heavy atom. The van der Waals surface area contributed by atoms with Crippen LogP contribution in [-0.2, 0) is 27.4 Å². The van der Waals surface area contributed by atoms with Crippen LogP contribution in [0.3, 0.4) is 0 Å². The molecule has 3 aromatic carbocycles. The largest absolute Gasteiger partial charge is 0.304 e. The van der Waals surface area contributed by atoms with Gasteiger partial charge in [0.15, 0.2) is 0 Å². The summed E-state index contributed by atoms with van der Waals surface area (Å²) in [6, 6.07) is 23.3. The Morgan fingerprint density at radius 2 is 1.66 bits per heavy atom. The minimum atomic E-state index is -1.12. The summed E-state index contributed by atoms with van der Waals surface area (Å²) in [5.74, 6) is -0.164. The molecule has 5 rings (SSSR count). The van der Waals surface area contributed by atoms with E-state index in [1.54, 1.807) is 9.80 Å². The molecule has 1 spiro atoms. The average Bonchev–Trinajstić information content (AvgIpc) is 3.21. The monoisotopic (exact) mass is 462 g/mol. The lowest BCUT2D eigenvalue weighted by Gasteiger charge is -2.33. The van der Waals surface area contributed by atoms with Crippen LogP contribution in [0.4, 0.5) is 11.4 Å². The van der Waals surface area contributed by atoms with Crippen molar-refractivity contribution >= 4 is 46.6 Å². The topological polar surface area (TPSA) is 40.6 Å². The van der Waals surface area contributed by atoms with Crippen LogP contribution in [0.5, 0.6) is 0 Å². The molecule has 0 saturated carbocycles. The van der Waals surface area contributed by atoms with E-state index in [0.717, 1.165) is 28.9 Å². The molecule has 6 heteroatoms. The zero-order chi connectivity index (χ0) is 22.5. The zero-order valence-corrected chi connectivity index (χ0v) is 19.5. The number of carbonyl (C=O) groups excluding carboxylic acids is 2. The summed E-state index contributed by atoms with van der Waals surface area (Å²) in [6.45, 7) is 4.32. The highest BCUT2D eigenvalue weighted by molar-refractivity contribution is 8.03. The molecule has 0 N–H and O–H groups in total. The van der Waals surface area contributed by atoms with Crippen LogP contribution in [0.25, 0.3) is 0 Å². The third-order valence-electron chi connectivity index (χ3n) is 6.21. The maximum atomic E-state index is 14.2. The van der Waals surface area contributed by atoms with Crippen LogP contribution in [0.1, 0.15) is 30.5 Å². The smallest absolute Gasteiger partial charge is 0.269 e. The summed E-state index contributed by atoms with van der Waals surface area (Å²) in [5, 5.41) is 0.285. The lowest BCUT2D eigenvalue weighted by molar-refractivity contribution is -0.124. The normalized spacial score (nSPS) is 22.2. The van der Waals surface area contributed by atoms with E-state index in [0.29, 0.717) is 11.6 Å². The van der Waals surface area contributed by atoms with Gasteiger partial charge in [0, 0.05) is 16.3 Å². The Morgan fingerprint density at radius 3 is 2.38 bits per heavy atom. The fourth-order valence-corrected chi connectivity index (χ4v) is 6.30. The zero-order valence-electron chi connectivity index (χ0n) is 17.9. The Labute approximate surface area is 197 Å². The number of hydrogen-bond acceptors (Lipinski definition) is 3. The number of anilines is 2. The van der Waals surface area contributed by atoms with Crippen molar-refractivity contribution in [3.05, 3.63) is 94.5 Å². The van der Waals surface area contributed by atoms with Gasteiger partial charge in [0.05, 0.1) is 17.5 Å². The summed E-state index contributed by atoms with van der Waals surface area (Å²) < 4.78 is 0. The summed E-state index contributed by atoms with van der Waals surface area (Å²) in [5.41, 5.74) is 4.47. The van der Waals surface area contributed by atoms with Gasteiger partial charge in [-0.15, -0.1) is 11.8 Å². The van der Waals surface area contributed by atoms with E-state index >= 15 is 0 Å². The third-order valence-corrected chi connectivity index (χ3v) is 8.06. The van der Waals surface area contributed by atoms with E-state index in [1.165, 1.54) is 17.3 Å². The first-order valence-electron chi connectivity index (χ1n) is 10.7. The lowest BCUT2D eigenvalue weighted by atomic mass is 10.0. The van der Waals surface area contributed by atoms with Crippen molar-refractivity contribution in [2.75, 3.05) is 9.80 Å². The van der Waals surface area contributed by atoms with Gasteiger partial charge in [-0.3, -0.25) is 14.5 Å². The summed E-state index contributed by atoms with van der Waals surface area (Å²) in [4.78, 5) is 29.9. The van der Waals surface area contributed by atoms with Crippen LogP contribution in [0.2, 0.25) is 5.02 Å². The fraction of sp³-hybridized carbons (Fsp3) is 0.231. The molecule has 3 aromatic rings. The van der Waals surface area contributed by atoms with Crippen molar-refractivity contribution in [2.24, 2.45) is 0 Å². The van der Waals surface area contributed by atoms with Crippen molar-refractivity contribution in [1.29, 1.82) is 0 Å². The number of halogens is 1. The van der Waals surface area contributed by atoms with E-state index < -0.39 is 4.87 Å². The second-order valence-corrected chi connectivity index (χ2v) is 10.0. The second kappa shape index (κ2) is 7.98. The van der Waals surface area contributed by atoms with Crippen LogP contribution >= 0.6 is 23.4 Å². The number of carbonyl (C=O) groups is 2. The second-order valence-electron chi connectivity index (χ2n) is 8.10. The Bertz CT molecular complexity index is 1210. The standard InChI is InChI=1S/C26H23ClN2O2S/c1-3-18-12-14-20(15-13-18)29-24(30)17(2)32-26(29)21-9-5-7-11-23(21)28(25(26)31)16-19-8-4-6-10-22(19)27/h4-15,17H,3,16H2,1-2H3. The molecule has 1 fully saturated rings. The number of rotatable bonds is 4. The molecule has 2 atom stereocenters. The number of para-hydroxylation sites is 1. The van der Waals surface area contributed by atoms with Crippen molar-refractivity contribution in [1.82, 2.24) is 0 Å². The van der Waals surface area contributed by atoms with E-state index in [4.69, 9.17) is 11.6 Å². The van der Waals surface area contributed by atoms with E-state index in [9.17, 15) is 9.59 Å². The van der Waals surface area contributed by atoms with Crippen molar-refractivity contribution in [3.63, 3.8) is 0 Å². The molecule has 162 valence electrons. The highest BCUT2D eigenvalue weighted by atomic mass is 35.5.